The van der Waals surface area contributed by atoms with Crippen LogP contribution in [0.1, 0.15) is 23.4 Å². The van der Waals surface area contributed by atoms with E-state index in [1.54, 1.807) is 11.3 Å². The fraction of sp³-hybridized carbons (Fsp3) is 0.588. The Morgan fingerprint density at radius 2 is 2.04 bits per heavy atom. The summed E-state index contributed by atoms with van der Waals surface area (Å²) in [6.45, 7) is 8.63. The summed E-state index contributed by atoms with van der Waals surface area (Å²) < 4.78 is 1.95. The Bertz CT molecular complexity index is 712. The van der Waals surface area contributed by atoms with Gasteiger partial charge < -0.3 is 15.5 Å². The van der Waals surface area contributed by atoms with Crippen molar-refractivity contribution in [2.75, 3.05) is 37.6 Å². The number of piperazine rings is 1. The summed E-state index contributed by atoms with van der Waals surface area (Å²) in [4.78, 5) is 13.4. The molecule has 2 N–H and O–H groups in total. The third-order valence-corrected chi connectivity index (χ3v) is 5.64. The largest absolute Gasteiger partial charge is 0.370 e. The lowest BCUT2D eigenvalue weighted by Gasteiger charge is -2.35. The number of nitrogens with zero attached hydrogens (tertiary/aromatic N) is 6. The van der Waals surface area contributed by atoms with Gasteiger partial charge in [-0.1, -0.05) is 0 Å². The predicted molar refractivity (Wildman–Crippen MR) is 103 cm³/mol. The monoisotopic (exact) mass is 361 g/mol. The van der Waals surface area contributed by atoms with Crippen molar-refractivity contribution in [3.8, 4) is 0 Å². The van der Waals surface area contributed by atoms with E-state index >= 15 is 0 Å². The number of guanidine groups is 1. The van der Waals surface area contributed by atoms with Crippen LogP contribution in [-0.2, 0) is 13.5 Å². The molecule has 3 heterocycles. The molecule has 3 rings (SSSR count). The zero-order valence-electron chi connectivity index (χ0n) is 15.3. The molecule has 2 aromatic rings. The molecule has 7 nitrogen and oxygen atoms in total. The summed E-state index contributed by atoms with van der Waals surface area (Å²) in [6, 6.07) is 0. The molecule has 0 aliphatic carbocycles. The first-order chi connectivity index (χ1) is 12.1. The average Bonchev–Trinajstić information content (AvgIpc) is 3.22. The van der Waals surface area contributed by atoms with Crippen LogP contribution in [0.15, 0.2) is 16.6 Å². The van der Waals surface area contributed by atoms with E-state index in [0.717, 1.165) is 56.4 Å². The van der Waals surface area contributed by atoms with Crippen LogP contribution in [0.2, 0.25) is 0 Å². The molecule has 0 spiro atoms. The number of rotatable bonds is 5. The Hall–Kier alpha value is -2.09. The Balaban J connectivity index is 1.45. The zero-order valence-corrected chi connectivity index (χ0v) is 16.1. The zero-order chi connectivity index (χ0) is 17.8. The summed E-state index contributed by atoms with van der Waals surface area (Å²) in [6.07, 6.45) is 3.85. The highest BCUT2D eigenvalue weighted by Gasteiger charge is 2.19. The highest BCUT2D eigenvalue weighted by molar-refractivity contribution is 7.13. The summed E-state index contributed by atoms with van der Waals surface area (Å²) in [5, 5.41) is 7.58. The summed E-state index contributed by atoms with van der Waals surface area (Å²) >= 11 is 1.69. The van der Waals surface area contributed by atoms with Crippen LogP contribution in [-0.4, -0.2) is 58.3 Å². The van der Waals surface area contributed by atoms with Gasteiger partial charge >= 0.3 is 0 Å². The van der Waals surface area contributed by atoms with Crippen LogP contribution < -0.4 is 10.6 Å². The molecule has 0 atom stereocenters. The Morgan fingerprint density at radius 3 is 2.64 bits per heavy atom. The van der Waals surface area contributed by atoms with Gasteiger partial charge in [0.2, 0.25) is 0 Å². The van der Waals surface area contributed by atoms with Gasteiger partial charge in [0.05, 0.1) is 5.69 Å². The summed E-state index contributed by atoms with van der Waals surface area (Å²) in [5.41, 5.74) is 9.89. The third kappa shape index (κ3) is 4.12. The van der Waals surface area contributed by atoms with Gasteiger partial charge in [-0.05, 0) is 32.3 Å². The normalized spacial score (nSPS) is 15.9. The van der Waals surface area contributed by atoms with E-state index in [1.807, 2.05) is 23.3 Å². The standard InChI is InChI=1S/C17H27N7S/c1-13-15(14(2)22(3)21-13)5-4-6-19-16(18)23-8-10-24(11-9-23)17-20-7-12-25-17/h7,12H,4-6,8-11H2,1-3H3,(H2,18,19). The van der Waals surface area contributed by atoms with Crippen molar-refractivity contribution in [2.45, 2.75) is 26.7 Å². The molecule has 1 fully saturated rings. The van der Waals surface area contributed by atoms with Gasteiger partial charge in [0.25, 0.3) is 0 Å². The maximum Gasteiger partial charge on any atom is 0.191 e. The molecule has 8 heteroatoms. The number of hydrogen-bond donors (Lipinski definition) is 1. The molecule has 0 bridgehead atoms. The Morgan fingerprint density at radius 1 is 1.28 bits per heavy atom. The summed E-state index contributed by atoms with van der Waals surface area (Å²) in [7, 11) is 1.99. The fourth-order valence-corrected chi connectivity index (χ4v) is 3.92. The molecule has 0 radical (unpaired) electrons. The van der Waals surface area contributed by atoms with Crippen molar-refractivity contribution in [1.82, 2.24) is 19.7 Å². The second kappa shape index (κ2) is 7.86. The van der Waals surface area contributed by atoms with Gasteiger partial charge in [-0.3, -0.25) is 9.67 Å². The van der Waals surface area contributed by atoms with Gasteiger partial charge in [0, 0.05) is 57.0 Å². The van der Waals surface area contributed by atoms with Crippen LogP contribution in [0.3, 0.4) is 0 Å². The molecular weight excluding hydrogens is 334 g/mol. The number of anilines is 1. The number of aliphatic imine (C=N–C) groups is 1. The molecule has 1 saturated heterocycles. The van der Waals surface area contributed by atoms with Crippen LogP contribution in [0.4, 0.5) is 5.13 Å². The molecule has 0 saturated carbocycles. The number of thiazole rings is 1. The molecule has 0 aromatic carbocycles. The molecule has 136 valence electrons. The van der Waals surface area contributed by atoms with E-state index < -0.39 is 0 Å². The van der Waals surface area contributed by atoms with Crippen LogP contribution in [0.5, 0.6) is 0 Å². The van der Waals surface area contributed by atoms with Crippen molar-refractivity contribution in [2.24, 2.45) is 17.8 Å². The lowest BCUT2D eigenvalue weighted by Crippen LogP contribution is -2.51. The Labute approximate surface area is 153 Å². The number of aromatic nitrogens is 3. The van der Waals surface area contributed by atoms with Crippen molar-refractivity contribution >= 4 is 22.4 Å². The Kier molecular flexibility index (Phi) is 5.57. The lowest BCUT2D eigenvalue weighted by molar-refractivity contribution is 0.380. The quantitative estimate of drug-likeness (QED) is 0.497. The van der Waals surface area contributed by atoms with E-state index in [9.17, 15) is 0 Å². The topological polar surface area (TPSA) is 75.6 Å². The number of hydrogen-bond acceptors (Lipinski definition) is 5. The maximum absolute atomic E-state index is 6.18. The first kappa shape index (κ1) is 17.7. The van der Waals surface area contributed by atoms with Crippen molar-refractivity contribution in [1.29, 1.82) is 0 Å². The molecule has 25 heavy (non-hydrogen) atoms. The van der Waals surface area contributed by atoms with E-state index in [2.05, 4.69) is 38.7 Å². The molecule has 1 aliphatic heterocycles. The predicted octanol–water partition coefficient (Wildman–Crippen LogP) is 1.56. The first-order valence-corrected chi connectivity index (χ1v) is 9.62. The molecule has 0 unspecified atom stereocenters. The molecule has 1 aliphatic rings. The minimum absolute atomic E-state index is 0.665. The van der Waals surface area contributed by atoms with Crippen LogP contribution in [0.25, 0.3) is 0 Å². The minimum atomic E-state index is 0.665. The van der Waals surface area contributed by atoms with Gasteiger partial charge in [0.1, 0.15) is 0 Å². The highest BCUT2D eigenvalue weighted by Crippen LogP contribution is 2.19. The van der Waals surface area contributed by atoms with Gasteiger partial charge in [-0.15, -0.1) is 11.3 Å². The maximum atomic E-state index is 6.18. The third-order valence-electron chi connectivity index (χ3n) is 4.81. The van der Waals surface area contributed by atoms with Gasteiger partial charge in [-0.25, -0.2) is 4.98 Å². The second-order valence-corrected chi connectivity index (χ2v) is 7.28. The van der Waals surface area contributed by atoms with Crippen LogP contribution in [0, 0.1) is 13.8 Å². The fourth-order valence-electron chi connectivity index (χ4n) is 3.23. The van der Waals surface area contributed by atoms with E-state index in [4.69, 9.17) is 5.73 Å². The number of aryl methyl sites for hydroxylation is 2. The van der Waals surface area contributed by atoms with Crippen molar-refractivity contribution in [3.05, 3.63) is 28.5 Å². The van der Waals surface area contributed by atoms with Crippen LogP contribution >= 0.6 is 11.3 Å². The van der Waals surface area contributed by atoms with E-state index in [0.29, 0.717) is 5.96 Å². The van der Waals surface area contributed by atoms with Crippen molar-refractivity contribution < 1.29 is 0 Å². The SMILES string of the molecule is Cc1nn(C)c(C)c1CCCN=C(N)N1CCN(c2nccs2)CC1. The lowest BCUT2D eigenvalue weighted by atomic mass is 10.1. The van der Waals surface area contributed by atoms with E-state index in [1.165, 1.54) is 11.3 Å². The highest BCUT2D eigenvalue weighted by atomic mass is 32.1. The van der Waals surface area contributed by atoms with E-state index in [-0.39, 0.29) is 0 Å². The minimum Gasteiger partial charge on any atom is -0.370 e. The molecule has 0 amide bonds. The average molecular weight is 362 g/mol. The number of nitrogens with two attached hydrogens (primary N) is 1. The van der Waals surface area contributed by atoms with Gasteiger partial charge in [0.15, 0.2) is 11.1 Å². The second-order valence-electron chi connectivity index (χ2n) is 6.41. The van der Waals surface area contributed by atoms with Gasteiger partial charge in [-0.2, -0.15) is 5.10 Å². The molecule has 2 aromatic heterocycles. The smallest absolute Gasteiger partial charge is 0.191 e. The van der Waals surface area contributed by atoms with Crippen molar-refractivity contribution in [3.63, 3.8) is 0 Å². The summed E-state index contributed by atoms with van der Waals surface area (Å²) in [5.74, 6) is 0.665. The molecular formula is C17H27N7S. The first-order valence-electron chi connectivity index (χ1n) is 8.74.